The molecule has 61 heavy (non-hydrogen) atoms. The number of carbonyl (C=O) groups excluding carboxylic acids is 5. The molecular formula is C46H47Cl2N5O8. The Labute approximate surface area is 364 Å². The summed E-state index contributed by atoms with van der Waals surface area (Å²) in [4.78, 5) is 76.3. The summed E-state index contributed by atoms with van der Waals surface area (Å²) >= 11 is 12.8. The number of hydrogen-bond donors (Lipinski definition) is 3. The van der Waals surface area contributed by atoms with Gasteiger partial charge in [0.2, 0.25) is 23.6 Å². The number of nitrogens with zero attached hydrogens (tertiary/aromatic N) is 3. The van der Waals surface area contributed by atoms with Crippen molar-refractivity contribution in [2.75, 3.05) is 22.9 Å². The van der Waals surface area contributed by atoms with Gasteiger partial charge in [0.25, 0.3) is 5.91 Å². The van der Waals surface area contributed by atoms with Gasteiger partial charge in [-0.1, -0.05) is 102 Å². The minimum absolute atomic E-state index is 0.0681. The molecule has 0 saturated carbocycles. The number of para-hydroxylation sites is 2. The van der Waals surface area contributed by atoms with E-state index in [1.54, 1.807) is 63.2 Å². The number of carbonyl (C=O) groups is 5. The van der Waals surface area contributed by atoms with Crippen LogP contribution < -0.4 is 20.4 Å². The van der Waals surface area contributed by atoms with Crippen molar-refractivity contribution in [2.45, 2.75) is 76.7 Å². The van der Waals surface area contributed by atoms with Gasteiger partial charge in [-0.2, -0.15) is 0 Å². The van der Waals surface area contributed by atoms with Crippen LogP contribution in [0.1, 0.15) is 63.2 Å². The van der Waals surface area contributed by atoms with Gasteiger partial charge in [-0.05, 0) is 69.0 Å². The second kappa shape index (κ2) is 20.0. The van der Waals surface area contributed by atoms with Crippen LogP contribution in [0.15, 0.2) is 114 Å². The Hall–Kier alpha value is -6.02. The molecular weight excluding hydrogens is 821 g/mol. The van der Waals surface area contributed by atoms with Crippen molar-refractivity contribution in [3.05, 3.63) is 136 Å². The van der Waals surface area contributed by atoms with Crippen LogP contribution in [0, 0.1) is 0 Å². The van der Waals surface area contributed by atoms with Crippen LogP contribution in [0.4, 0.5) is 11.4 Å². The molecule has 0 spiro atoms. The molecule has 5 aromatic rings. The van der Waals surface area contributed by atoms with E-state index in [4.69, 9.17) is 32.4 Å². The molecule has 1 aliphatic heterocycles. The van der Waals surface area contributed by atoms with Gasteiger partial charge in [0.15, 0.2) is 11.9 Å². The summed E-state index contributed by atoms with van der Waals surface area (Å²) in [5, 5.41) is 17.7. The van der Waals surface area contributed by atoms with Crippen LogP contribution in [-0.2, 0) is 41.6 Å². The van der Waals surface area contributed by atoms with Gasteiger partial charge in [-0.15, -0.1) is 0 Å². The lowest BCUT2D eigenvalue weighted by Gasteiger charge is -2.28. The average molecular weight is 869 g/mol. The first-order valence-corrected chi connectivity index (χ1v) is 20.6. The number of nitrogens with one attached hydrogen (secondary N) is 2. The van der Waals surface area contributed by atoms with E-state index in [0.717, 1.165) is 11.1 Å². The summed E-state index contributed by atoms with van der Waals surface area (Å²) in [6, 6.07) is 27.9. The summed E-state index contributed by atoms with van der Waals surface area (Å²) in [5.74, 6) is -2.99. The van der Waals surface area contributed by atoms with Crippen molar-refractivity contribution < 1.29 is 38.2 Å². The fourth-order valence-corrected chi connectivity index (χ4v) is 7.52. The molecule has 0 radical (unpaired) electrons. The van der Waals surface area contributed by atoms with Gasteiger partial charge < -0.3 is 29.8 Å². The highest BCUT2D eigenvalue weighted by Gasteiger charge is 2.39. The maximum Gasteiger partial charge on any atom is 0.308 e. The Kier molecular flexibility index (Phi) is 14.6. The number of aryl methyl sites for hydroxylation is 2. The number of hydrogen-bond acceptors (Lipinski definition) is 9. The van der Waals surface area contributed by atoms with E-state index in [1.165, 1.54) is 16.0 Å². The number of amides is 4. The quantitative estimate of drug-likeness (QED) is 0.0935. The van der Waals surface area contributed by atoms with Crippen molar-refractivity contribution in [1.82, 2.24) is 15.6 Å². The number of aromatic nitrogens is 1. The van der Waals surface area contributed by atoms with Crippen molar-refractivity contribution in [3.63, 3.8) is 0 Å². The molecule has 4 aromatic carbocycles. The number of oxazole rings is 1. The van der Waals surface area contributed by atoms with Gasteiger partial charge in [-0.3, -0.25) is 28.9 Å². The molecule has 0 fully saturated rings. The van der Waals surface area contributed by atoms with E-state index in [9.17, 15) is 29.1 Å². The zero-order chi connectivity index (χ0) is 43.7. The molecule has 13 nitrogen and oxygen atoms in total. The number of anilines is 2. The number of esters is 1. The Morgan fingerprint density at radius 3 is 2.05 bits per heavy atom. The molecule has 0 aliphatic carbocycles. The molecule has 2 heterocycles. The Morgan fingerprint density at radius 2 is 1.43 bits per heavy atom. The highest BCUT2D eigenvalue weighted by atomic mass is 35.5. The SMILES string of the molecule is CC(C)(C)OC(=O)CC(NC(=O)CN1C(=O)[C@@H](NC(=O)CCc2ccccc2)CN(C(=O)CCc2ccccc2)c2ccccc21)C(O)c1ncc(-c2c(Cl)cccc2Cl)o1. The largest absolute Gasteiger partial charge is 0.460 e. The number of benzene rings is 4. The number of halogens is 2. The van der Waals surface area contributed by atoms with Crippen LogP contribution >= 0.6 is 23.2 Å². The summed E-state index contributed by atoms with van der Waals surface area (Å²) in [7, 11) is 0. The topological polar surface area (TPSA) is 171 Å². The number of rotatable bonds is 15. The standard InChI is InChI=1S/C46H47Cl2N5O8/c1-46(2,3)61-41(57)25-33(43(58)44-49-26-37(60-44)42-31(47)17-12-18-32(42)48)50-39(55)28-53-36-20-11-10-19-35(36)52(40(56)24-22-30-15-8-5-9-16-30)27-34(45(53)59)51-38(54)23-21-29-13-6-4-7-14-29/h4-20,26,33-34,43,58H,21-25,27-28H2,1-3H3,(H,50,55)(H,51,54)/t33?,34-,43?/m0/s1. The van der Waals surface area contributed by atoms with E-state index >= 15 is 0 Å². The predicted octanol–water partition coefficient (Wildman–Crippen LogP) is 7.03. The third-order valence-corrected chi connectivity index (χ3v) is 10.4. The summed E-state index contributed by atoms with van der Waals surface area (Å²) in [6.45, 7) is 4.22. The van der Waals surface area contributed by atoms with Crippen LogP contribution in [0.2, 0.25) is 10.0 Å². The lowest BCUT2D eigenvalue weighted by molar-refractivity contribution is -0.156. The Morgan fingerprint density at radius 1 is 0.836 bits per heavy atom. The van der Waals surface area contributed by atoms with Crippen molar-refractivity contribution in [3.8, 4) is 11.3 Å². The monoisotopic (exact) mass is 867 g/mol. The molecule has 4 amide bonds. The van der Waals surface area contributed by atoms with Crippen LogP contribution in [0.5, 0.6) is 0 Å². The molecule has 1 aliphatic rings. The van der Waals surface area contributed by atoms with E-state index in [2.05, 4.69) is 15.6 Å². The normalized spacial score (nSPS) is 15.0. The average Bonchev–Trinajstić information content (AvgIpc) is 3.68. The summed E-state index contributed by atoms with van der Waals surface area (Å²) < 4.78 is 11.4. The molecule has 3 N–H and O–H groups in total. The summed E-state index contributed by atoms with van der Waals surface area (Å²) in [6.07, 6.45) is 0.141. The molecule has 15 heteroatoms. The van der Waals surface area contributed by atoms with E-state index in [0.29, 0.717) is 24.1 Å². The highest BCUT2D eigenvalue weighted by molar-refractivity contribution is 6.39. The van der Waals surface area contributed by atoms with Gasteiger partial charge in [0.05, 0.1) is 52.2 Å². The van der Waals surface area contributed by atoms with Crippen molar-refractivity contribution in [1.29, 1.82) is 0 Å². The minimum Gasteiger partial charge on any atom is -0.460 e. The van der Waals surface area contributed by atoms with E-state index in [-0.39, 0.29) is 52.7 Å². The van der Waals surface area contributed by atoms with Crippen LogP contribution in [0.25, 0.3) is 11.3 Å². The van der Waals surface area contributed by atoms with Crippen LogP contribution in [0.3, 0.4) is 0 Å². The van der Waals surface area contributed by atoms with Gasteiger partial charge in [0, 0.05) is 12.8 Å². The lowest BCUT2D eigenvalue weighted by Crippen LogP contribution is -2.55. The molecule has 6 rings (SSSR count). The zero-order valence-corrected chi connectivity index (χ0v) is 35.5. The number of aliphatic hydroxyl groups excluding tert-OH is 1. The molecule has 0 saturated heterocycles. The summed E-state index contributed by atoms with van der Waals surface area (Å²) in [5.41, 5.74) is 1.94. The molecule has 1 aromatic heterocycles. The van der Waals surface area contributed by atoms with Gasteiger partial charge in [-0.25, -0.2) is 4.98 Å². The number of fused-ring (bicyclic) bond motifs is 1. The second-order valence-corrected chi connectivity index (χ2v) is 16.4. The molecule has 3 atom stereocenters. The Bertz CT molecular complexity index is 2330. The Balaban J connectivity index is 1.28. The van der Waals surface area contributed by atoms with Gasteiger partial charge in [0.1, 0.15) is 18.2 Å². The molecule has 2 unspecified atom stereocenters. The van der Waals surface area contributed by atoms with E-state index in [1.807, 2.05) is 60.7 Å². The third kappa shape index (κ3) is 11.8. The third-order valence-electron chi connectivity index (χ3n) is 9.80. The fraction of sp³-hybridized carbons (Fsp3) is 0.304. The predicted molar refractivity (Wildman–Crippen MR) is 232 cm³/mol. The molecule has 0 bridgehead atoms. The smallest absolute Gasteiger partial charge is 0.308 e. The van der Waals surface area contributed by atoms with Gasteiger partial charge >= 0.3 is 5.97 Å². The fourth-order valence-electron chi connectivity index (χ4n) is 6.94. The van der Waals surface area contributed by atoms with E-state index < -0.39 is 60.4 Å². The minimum atomic E-state index is -1.69. The lowest BCUT2D eigenvalue weighted by atomic mass is 10.1. The van der Waals surface area contributed by atoms with Crippen molar-refractivity contribution in [2.24, 2.45) is 0 Å². The number of aliphatic hydroxyl groups is 1. The second-order valence-electron chi connectivity index (χ2n) is 15.6. The van der Waals surface area contributed by atoms with Crippen LogP contribution in [-0.4, -0.2) is 70.5 Å². The first kappa shape index (κ1) is 44.5. The zero-order valence-electron chi connectivity index (χ0n) is 34.0. The maximum atomic E-state index is 14.6. The number of ether oxygens (including phenoxy) is 1. The first-order valence-electron chi connectivity index (χ1n) is 19.8. The highest BCUT2D eigenvalue weighted by Crippen LogP contribution is 2.37. The van der Waals surface area contributed by atoms with Crippen molar-refractivity contribution >= 4 is 64.2 Å². The maximum absolute atomic E-state index is 14.6. The first-order chi connectivity index (χ1) is 29.2. The molecule has 318 valence electrons.